The zero-order chi connectivity index (χ0) is 22.6. The molecule has 0 amide bonds. The van der Waals surface area contributed by atoms with Gasteiger partial charge in [-0.2, -0.15) is 18.2 Å². The van der Waals surface area contributed by atoms with Gasteiger partial charge in [-0.25, -0.2) is 4.98 Å². The summed E-state index contributed by atoms with van der Waals surface area (Å²) in [6.07, 6.45) is -2.91. The minimum Gasteiger partial charge on any atom is -0.494 e. The summed E-state index contributed by atoms with van der Waals surface area (Å²) in [5, 5.41) is 0.489. The quantitative estimate of drug-likeness (QED) is 0.412. The van der Waals surface area contributed by atoms with Gasteiger partial charge in [0.25, 0.3) is 0 Å². The number of aromatic nitrogens is 2. The highest BCUT2D eigenvalue weighted by Gasteiger charge is 2.37. The van der Waals surface area contributed by atoms with Gasteiger partial charge in [-0.15, -0.1) is 0 Å². The highest BCUT2D eigenvalue weighted by molar-refractivity contribution is 6.30. The number of benzene rings is 2. The molecule has 0 unspecified atom stereocenters. The van der Waals surface area contributed by atoms with Crippen LogP contribution in [0, 0.1) is 0 Å². The zero-order valence-electron chi connectivity index (χ0n) is 17.3. The molecule has 0 fully saturated rings. The molecule has 164 valence electrons. The van der Waals surface area contributed by atoms with Crippen LogP contribution in [0.5, 0.6) is 5.75 Å². The van der Waals surface area contributed by atoms with Gasteiger partial charge in [0, 0.05) is 36.7 Å². The molecular formula is C22H22ClF3N4O. The van der Waals surface area contributed by atoms with Crippen LogP contribution >= 0.6 is 11.6 Å². The van der Waals surface area contributed by atoms with E-state index in [9.17, 15) is 13.2 Å². The second-order valence-electron chi connectivity index (χ2n) is 6.84. The number of hydrogen-bond acceptors (Lipinski definition) is 5. The van der Waals surface area contributed by atoms with Gasteiger partial charge >= 0.3 is 6.18 Å². The van der Waals surface area contributed by atoms with Crippen LogP contribution in [0.25, 0.3) is 0 Å². The first-order chi connectivity index (χ1) is 14.7. The Morgan fingerprint density at radius 3 is 2.10 bits per heavy atom. The third-order valence-electron chi connectivity index (χ3n) is 4.59. The van der Waals surface area contributed by atoms with Crippen LogP contribution in [0.3, 0.4) is 0 Å². The van der Waals surface area contributed by atoms with Crippen molar-refractivity contribution >= 4 is 34.7 Å². The van der Waals surface area contributed by atoms with Gasteiger partial charge in [-0.1, -0.05) is 18.5 Å². The SMILES string of the molecule is CCCOc1ccc(N(C)c2ncc(C(F)(F)F)c(N(C)c3ccc(Cl)cc3)n2)cc1. The lowest BCUT2D eigenvalue weighted by Crippen LogP contribution is -2.21. The van der Waals surface area contributed by atoms with E-state index in [1.54, 1.807) is 60.5 Å². The Morgan fingerprint density at radius 1 is 0.935 bits per heavy atom. The van der Waals surface area contributed by atoms with E-state index in [0.29, 0.717) is 23.0 Å². The summed E-state index contributed by atoms with van der Waals surface area (Å²) in [7, 11) is 3.21. The minimum atomic E-state index is -4.61. The molecular weight excluding hydrogens is 429 g/mol. The van der Waals surface area contributed by atoms with E-state index in [0.717, 1.165) is 18.4 Å². The van der Waals surface area contributed by atoms with E-state index in [2.05, 4.69) is 9.97 Å². The Morgan fingerprint density at radius 2 is 1.52 bits per heavy atom. The van der Waals surface area contributed by atoms with Crippen LogP contribution in [0.1, 0.15) is 18.9 Å². The van der Waals surface area contributed by atoms with Crippen LogP contribution < -0.4 is 14.5 Å². The number of anilines is 4. The predicted octanol–water partition coefficient (Wildman–Crippen LogP) is 6.47. The summed E-state index contributed by atoms with van der Waals surface area (Å²) in [5.41, 5.74) is 0.300. The number of hydrogen-bond donors (Lipinski definition) is 0. The normalized spacial score (nSPS) is 11.3. The van der Waals surface area contributed by atoms with Crippen LogP contribution in [-0.4, -0.2) is 30.7 Å². The molecule has 0 radical (unpaired) electrons. The summed E-state index contributed by atoms with van der Waals surface area (Å²) in [6, 6.07) is 13.7. The van der Waals surface area contributed by atoms with Crippen LogP contribution in [0.4, 0.5) is 36.3 Å². The molecule has 31 heavy (non-hydrogen) atoms. The second-order valence-corrected chi connectivity index (χ2v) is 7.28. The molecule has 2 aromatic carbocycles. The summed E-state index contributed by atoms with van der Waals surface area (Å²) in [5.74, 6) is 0.594. The molecule has 0 spiro atoms. The van der Waals surface area contributed by atoms with E-state index in [1.807, 2.05) is 6.92 Å². The zero-order valence-corrected chi connectivity index (χ0v) is 18.1. The third kappa shape index (κ3) is 5.38. The Hall–Kier alpha value is -3.00. The maximum absolute atomic E-state index is 13.6. The Bertz CT molecular complexity index is 1010. The summed E-state index contributed by atoms with van der Waals surface area (Å²) < 4.78 is 46.5. The molecule has 0 aliphatic heterocycles. The lowest BCUT2D eigenvalue weighted by atomic mass is 10.2. The lowest BCUT2D eigenvalue weighted by Gasteiger charge is -2.25. The molecule has 9 heteroatoms. The lowest BCUT2D eigenvalue weighted by molar-refractivity contribution is -0.137. The van der Waals surface area contributed by atoms with Gasteiger partial charge in [-0.05, 0) is 55.0 Å². The van der Waals surface area contributed by atoms with Crippen molar-refractivity contribution in [3.63, 3.8) is 0 Å². The molecule has 0 saturated heterocycles. The predicted molar refractivity (Wildman–Crippen MR) is 117 cm³/mol. The van der Waals surface area contributed by atoms with Crippen molar-refractivity contribution in [2.24, 2.45) is 0 Å². The van der Waals surface area contributed by atoms with E-state index >= 15 is 0 Å². The maximum atomic E-state index is 13.6. The van der Waals surface area contributed by atoms with Gasteiger partial charge in [0.05, 0.1) is 6.61 Å². The maximum Gasteiger partial charge on any atom is 0.421 e. The fourth-order valence-electron chi connectivity index (χ4n) is 2.87. The van der Waals surface area contributed by atoms with Crippen molar-refractivity contribution in [2.45, 2.75) is 19.5 Å². The van der Waals surface area contributed by atoms with E-state index < -0.39 is 11.7 Å². The molecule has 0 atom stereocenters. The molecule has 0 aliphatic rings. The summed E-state index contributed by atoms with van der Waals surface area (Å²) in [6.45, 7) is 2.63. The molecule has 0 saturated carbocycles. The van der Waals surface area contributed by atoms with Crippen molar-refractivity contribution in [1.82, 2.24) is 9.97 Å². The average Bonchev–Trinajstić information content (AvgIpc) is 2.76. The van der Waals surface area contributed by atoms with E-state index in [-0.39, 0.29) is 11.8 Å². The largest absolute Gasteiger partial charge is 0.494 e. The molecule has 1 aromatic heterocycles. The van der Waals surface area contributed by atoms with Crippen LogP contribution in [-0.2, 0) is 6.18 Å². The van der Waals surface area contributed by atoms with E-state index in [1.165, 1.54) is 11.9 Å². The molecule has 0 bridgehead atoms. The van der Waals surface area contributed by atoms with Gasteiger partial charge < -0.3 is 14.5 Å². The molecule has 0 aliphatic carbocycles. The highest BCUT2D eigenvalue weighted by atomic mass is 35.5. The monoisotopic (exact) mass is 450 g/mol. The summed E-state index contributed by atoms with van der Waals surface area (Å²) >= 11 is 5.90. The van der Waals surface area contributed by atoms with Crippen molar-refractivity contribution in [2.75, 3.05) is 30.5 Å². The molecule has 1 heterocycles. The van der Waals surface area contributed by atoms with Gasteiger partial charge in [0.15, 0.2) is 5.82 Å². The topological polar surface area (TPSA) is 41.5 Å². The first-order valence-corrected chi connectivity index (χ1v) is 9.98. The van der Waals surface area contributed by atoms with Crippen molar-refractivity contribution < 1.29 is 17.9 Å². The Kier molecular flexibility index (Phi) is 6.90. The molecule has 0 N–H and O–H groups in total. The highest BCUT2D eigenvalue weighted by Crippen LogP contribution is 2.38. The van der Waals surface area contributed by atoms with Crippen LogP contribution in [0.2, 0.25) is 5.02 Å². The smallest absolute Gasteiger partial charge is 0.421 e. The number of rotatable bonds is 7. The van der Waals surface area contributed by atoms with Gasteiger partial charge in [-0.3, -0.25) is 0 Å². The average molecular weight is 451 g/mol. The molecule has 5 nitrogen and oxygen atoms in total. The molecule has 3 aromatic rings. The fraction of sp³-hybridized carbons (Fsp3) is 0.273. The van der Waals surface area contributed by atoms with Crippen molar-refractivity contribution in [3.05, 3.63) is 65.3 Å². The standard InChI is InChI=1S/C22H22ClF3N4O/c1-4-13-31-18-11-9-17(10-12-18)30(3)21-27-14-19(22(24,25)26)20(28-21)29(2)16-7-5-15(23)6-8-16/h5-12,14H,4,13H2,1-3H3. The van der Waals surface area contributed by atoms with Crippen LogP contribution in [0.15, 0.2) is 54.7 Å². The third-order valence-corrected chi connectivity index (χ3v) is 4.84. The second kappa shape index (κ2) is 9.43. The fourth-order valence-corrected chi connectivity index (χ4v) is 3.00. The number of alkyl halides is 3. The number of nitrogens with zero attached hydrogens (tertiary/aromatic N) is 4. The molecule has 3 rings (SSSR count). The number of ether oxygens (including phenoxy) is 1. The first kappa shape index (κ1) is 22.7. The number of halogens is 4. The minimum absolute atomic E-state index is 0.131. The van der Waals surface area contributed by atoms with Crippen molar-refractivity contribution in [3.8, 4) is 5.75 Å². The Balaban J connectivity index is 1.96. The van der Waals surface area contributed by atoms with Gasteiger partial charge in [0.2, 0.25) is 5.95 Å². The van der Waals surface area contributed by atoms with E-state index in [4.69, 9.17) is 16.3 Å². The van der Waals surface area contributed by atoms with Gasteiger partial charge in [0.1, 0.15) is 11.3 Å². The summed E-state index contributed by atoms with van der Waals surface area (Å²) in [4.78, 5) is 11.2. The first-order valence-electron chi connectivity index (χ1n) is 9.61. The van der Waals surface area contributed by atoms with Crippen molar-refractivity contribution in [1.29, 1.82) is 0 Å². The Labute approximate surface area is 184 Å².